The Kier molecular flexibility index (Phi) is 4.80. The SMILES string of the molecule is CC.CC(=O)NC1=C(C)COC1=O. The standard InChI is InChI=1S/C7H9NO3.C2H6/c1-4-3-11-7(10)6(4)8-5(2)9;1-2/h3H2,1-2H3,(H,8,9);1-2H3. The zero-order valence-corrected chi connectivity index (χ0v) is 8.43. The number of hydrogen-bond acceptors (Lipinski definition) is 3. The van der Waals surface area contributed by atoms with E-state index in [1.54, 1.807) is 6.92 Å². The highest BCUT2D eigenvalue weighted by Gasteiger charge is 2.22. The Hall–Kier alpha value is -1.32. The molecule has 0 fully saturated rings. The van der Waals surface area contributed by atoms with E-state index in [-0.39, 0.29) is 18.2 Å². The molecule has 1 aliphatic heterocycles. The monoisotopic (exact) mass is 185 g/mol. The maximum Gasteiger partial charge on any atom is 0.355 e. The number of hydrogen-bond donors (Lipinski definition) is 1. The van der Waals surface area contributed by atoms with Crippen molar-refractivity contribution in [2.24, 2.45) is 0 Å². The molecule has 0 spiro atoms. The molecule has 4 nitrogen and oxygen atoms in total. The second-order valence-corrected chi connectivity index (χ2v) is 2.41. The van der Waals surface area contributed by atoms with Gasteiger partial charge in [-0.3, -0.25) is 4.79 Å². The second kappa shape index (κ2) is 5.35. The first-order valence-electron chi connectivity index (χ1n) is 4.25. The van der Waals surface area contributed by atoms with Gasteiger partial charge in [-0.2, -0.15) is 0 Å². The first kappa shape index (κ1) is 11.7. The molecule has 1 aliphatic rings. The van der Waals surface area contributed by atoms with Gasteiger partial charge in [0, 0.05) is 6.92 Å². The van der Waals surface area contributed by atoms with Gasteiger partial charge in [-0.15, -0.1) is 0 Å². The van der Waals surface area contributed by atoms with E-state index in [2.05, 4.69) is 10.1 Å². The molecule has 74 valence electrons. The van der Waals surface area contributed by atoms with E-state index in [0.717, 1.165) is 5.57 Å². The lowest BCUT2D eigenvalue weighted by Gasteiger charge is -1.98. The summed E-state index contributed by atoms with van der Waals surface area (Å²) in [7, 11) is 0. The zero-order chi connectivity index (χ0) is 10.4. The Balaban J connectivity index is 0.000000671. The number of rotatable bonds is 1. The fourth-order valence-corrected chi connectivity index (χ4v) is 0.826. The van der Waals surface area contributed by atoms with Crippen LogP contribution in [0.25, 0.3) is 0 Å². The second-order valence-electron chi connectivity index (χ2n) is 2.41. The molecule has 0 aromatic carbocycles. The average molecular weight is 185 g/mol. The quantitative estimate of drug-likeness (QED) is 0.619. The van der Waals surface area contributed by atoms with Crippen LogP contribution in [0.5, 0.6) is 0 Å². The summed E-state index contributed by atoms with van der Waals surface area (Å²) < 4.78 is 4.65. The molecule has 1 amide bonds. The van der Waals surface area contributed by atoms with E-state index < -0.39 is 5.97 Å². The summed E-state index contributed by atoms with van der Waals surface area (Å²) in [4.78, 5) is 21.4. The van der Waals surface area contributed by atoms with Gasteiger partial charge in [0.05, 0.1) is 0 Å². The molecule has 0 radical (unpaired) electrons. The van der Waals surface area contributed by atoms with Crippen LogP contribution in [0, 0.1) is 0 Å². The summed E-state index contributed by atoms with van der Waals surface area (Å²) in [6.45, 7) is 7.39. The predicted octanol–water partition coefficient (Wildman–Crippen LogP) is 0.980. The Morgan fingerprint density at radius 3 is 2.31 bits per heavy atom. The molecule has 0 saturated heterocycles. The molecule has 1 rings (SSSR count). The predicted molar refractivity (Wildman–Crippen MR) is 48.8 cm³/mol. The van der Waals surface area contributed by atoms with Gasteiger partial charge >= 0.3 is 5.97 Å². The lowest BCUT2D eigenvalue weighted by atomic mass is 10.3. The van der Waals surface area contributed by atoms with Crippen molar-refractivity contribution < 1.29 is 14.3 Å². The van der Waals surface area contributed by atoms with E-state index in [1.165, 1.54) is 6.92 Å². The molecular formula is C9H15NO3. The topological polar surface area (TPSA) is 55.4 Å². The molecule has 1 heterocycles. The van der Waals surface area contributed by atoms with Crippen LogP contribution in [0.3, 0.4) is 0 Å². The lowest BCUT2D eigenvalue weighted by molar-refractivity contribution is -0.137. The van der Waals surface area contributed by atoms with Crippen molar-refractivity contribution in [3.8, 4) is 0 Å². The third-order valence-corrected chi connectivity index (χ3v) is 1.35. The van der Waals surface area contributed by atoms with Crippen LogP contribution in [0.1, 0.15) is 27.7 Å². The molecular weight excluding hydrogens is 170 g/mol. The van der Waals surface area contributed by atoms with Crippen LogP contribution in [0.4, 0.5) is 0 Å². The molecule has 13 heavy (non-hydrogen) atoms. The summed E-state index contributed by atoms with van der Waals surface area (Å²) in [5.41, 5.74) is 1.06. The minimum Gasteiger partial charge on any atom is -0.456 e. The molecule has 0 saturated carbocycles. The lowest BCUT2D eigenvalue weighted by Crippen LogP contribution is -2.23. The molecule has 0 aromatic rings. The van der Waals surface area contributed by atoms with Crippen LogP contribution in [-0.2, 0) is 14.3 Å². The molecule has 0 aliphatic carbocycles. The minimum absolute atomic E-state index is 0.252. The Morgan fingerprint density at radius 1 is 1.46 bits per heavy atom. The Labute approximate surface area is 78.0 Å². The van der Waals surface area contributed by atoms with Gasteiger partial charge in [-0.1, -0.05) is 13.8 Å². The number of carbonyl (C=O) groups is 2. The highest BCUT2D eigenvalue weighted by atomic mass is 16.5. The first-order chi connectivity index (χ1) is 6.11. The summed E-state index contributed by atoms with van der Waals surface area (Å²) >= 11 is 0. The van der Waals surface area contributed by atoms with Gasteiger partial charge in [-0.05, 0) is 12.5 Å². The number of nitrogens with one attached hydrogen (secondary N) is 1. The normalized spacial score (nSPS) is 14.6. The van der Waals surface area contributed by atoms with Gasteiger partial charge < -0.3 is 10.1 Å². The van der Waals surface area contributed by atoms with Gasteiger partial charge in [-0.25, -0.2) is 4.79 Å². The fourth-order valence-electron chi connectivity index (χ4n) is 0.826. The Morgan fingerprint density at radius 2 is 2.00 bits per heavy atom. The van der Waals surface area contributed by atoms with E-state index >= 15 is 0 Å². The van der Waals surface area contributed by atoms with Gasteiger partial charge in [0.15, 0.2) is 0 Å². The van der Waals surface area contributed by atoms with Crippen LogP contribution in [0.2, 0.25) is 0 Å². The van der Waals surface area contributed by atoms with E-state index in [0.29, 0.717) is 0 Å². The first-order valence-corrected chi connectivity index (χ1v) is 4.25. The summed E-state index contributed by atoms with van der Waals surface area (Å²) in [5, 5.41) is 2.41. The highest BCUT2D eigenvalue weighted by Crippen LogP contribution is 2.11. The van der Waals surface area contributed by atoms with Crippen LogP contribution >= 0.6 is 0 Å². The van der Waals surface area contributed by atoms with Crippen molar-refractivity contribution in [1.82, 2.24) is 5.32 Å². The maximum absolute atomic E-state index is 10.8. The number of esters is 1. The van der Waals surface area contributed by atoms with Crippen LogP contribution in [-0.4, -0.2) is 18.5 Å². The average Bonchev–Trinajstić information content (AvgIpc) is 2.39. The summed E-state index contributed by atoms with van der Waals surface area (Å²) in [5.74, 6) is -0.698. The number of carbonyl (C=O) groups excluding carboxylic acids is 2. The van der Waals surface area contributed by atoms with Gasteiger partial charge in [0.2, 0.25) is 5.91 Å². The van der Waals surface area contributed by atoms with Gasteiger partial charge in [0.25, 0.3) is 0 Å². The largest absolute Gasteiger partial charge is 0.456 e. The molecule has 4 heteroatoms. The zero-order valence-electron chi connectivity index (χ0n) is 8.43. The van der Waals surface area contributed by atoms with Crippen LogP contribution in [0.15, 0.2) is 11.3 Å². The third kappa shape index (κ3) is 3.27. The summed E-state index contributed by atoms with van der Waals surface area (Å²) in [6.07, 6.45) is 0. The summed E-state index contributed by atoms with van der Waals surface area (Å²) in [6, 6.07) is 0. The van der Waals surface area contributed by atoms with E-state index in [9.17, 15) is 9.59 Å². The van der Waals surface area contributed by atoms with E-state index in [4.69, 9.17) is 0 Å². The van der Waals surface area contributed by atoms with Crippen molar-refractivity contribution in [2.75, 3.05) is 6.61 Å². The van der Waals surface area contributed by atoms with Crippen molar-refractivity contribution in [3.05, 3.63) is 11.3 Å². The minimum atomic E-state index is -0.447. The third-order valence-electron chi connectivity index (χ3n) is 1.35. The van der Waals surface area contributed by atoms with Crippen molar-refractivity contribution in [1.29, 1.82) is 0 Å². The number of amides is 1. The van der Waals surface area contributed by atoms with Crippen molar-refractivity contribution >= 4 is 11.9 Å². The van der Waals surface area contributed by atoms with Crippen LogP contribution < -0.4 is 5.32 Å². The smallest absolute Gasteiger partial charge is 0.355 e. The number of ether oxygens (including phenoxy) is 1. The number of cyclic esters (lactones) is 1. The maximum atomic E-state index is 10.8. The fraction of sp³-hybridized carbons (Fsp3) is 0.556. The van der Waals surface area contributed by atoms with Crippen molar-refractivity contribution in [2.45, 2.75) is 27.7 Å². The van der Waals surface area contributed by atoms with E-state index in [1.807, 2.05) is 13.8 Å². The Bertz CT molecular complexity index is 243. The molecule has 0 bridgehead atoms. The molecule has 1 N–H and O–H groups in total. The van der Waals surface area contributed by atoms with Crippen molar-refractivity contribution in [3.63, 3.8) is 0 Å². The molecule has 0 aromatic heterocycles. The molecule has 0 atom stereocenters. The molecule has 0 unspecified atom stereocenters. The van der Waals surface area contributed by atoms with Gasteiger partial charge in [0.1, 0.15) is 12.3 Å². The highest BCUT2D eigenvalue weighted by molar-refractivity contribution is 5.95.